The zero-order valence-electron chi connectivity index (χ0n) is 19.2. The number of nitrogens with one attached hydrogen (secondary N) is 1. The molecule has 2 amide bonds. The first kappa shape index (κ1) is 23.4. The summed E-state index contributed by atoms with van der Waals surface area (Å²) >= 11 is 0. The van der Waals surface area contributed by atoms with Gasteiger partial charge in [-0.1, -0.05) is 30.3 Å². The third kappa shape index (κ3) is 5.12. The van der Waals surface area contributed by atoms with E-state index < -0.39 is 16.1 Å². The second-order valence-electron chi connectivity index (χ2n) is 8.98. The van der Waals surface area contributed by atoms with Gasteiger partial charge in [-0.05, 0) is 68.4 Å². The van der Waals surface area contributed by atoms with Gasteiger partial charge in [0.25, 0.3) is 0 Å². The maximum absolute atomic E-state index is 13.4. The Kier molecular flexibility index (Phi) is 6.86. The standard InChI is InChI=1S/C25H31N3O4S/c1-18-15-21-17-22(11-12-24(21)28(18)19(2)29)33(31,32)26-23(16-20-9-5-3-6-10-20)25(30)27-13-7-4-8-14-27/h3,5-6,9-12,17-18,23,26H,4,7-8,13-16H2,1-2H3/t18-,23+/m1/s1. The lowest BCUT2D eigenvalue weighted by Gasteiger charge is -2.30. The van der Waals surface area contributed by atoms with Gasteiger partial charge in [-0.2, -0.15) is 4.72 Å². The number of carbonyl (C=O) groups excluding carboxylic acids is 2. The van der Waals surface area contributed by atoms with Crippen molar-refractivity contribution in [2.75, 3.05) is 18.0 Å². The van der Waals surface area contributed by atoms with Gasteiger partial charge in [0.05, 0.1) is 4.90 Å². The molecule has 2 atom stereocenters. The normalized spacial score (nSPS) is 19.3. The topological polar surface area (TPSA) is 86.8 Å². The molecule has 0 unspecified atom stereocenters. The van der Waals surface area contributed by atoms with Gasteiger partial charge in [-0.15, -0.1) is 0 Å². The quantitative estimate of drug-likeness (QED) is 0.705. The van der Waals surface area contributed by atoms with Gasteiger partial charge in [-0.25, -0.2) is 8.42 Å². The van der Waals surface area contributed by atoms with Crippen molar-refractivity contribution in [1.82, 2.24) is 9.62 Å². The van der Waals surface area contributed by atoms with Crippen LogP contribution in [0.25, 0.3) is 0 Å². The van der Waals surface area contributed by atoms with E-state index in [2.05, 4.69) is 4.72 Å². The van der Waals surface area contributed by atoms with Gasteiger partial charge in [0, 0.05) is 31.7 Å². The summed E-state index contributed by atoms with van der Waals surface area (Å²) in [5.74, 6) is -0.246. The molecule has 33 heavy (non-hydrogen) atoms. The van der Waals surface area contributed by atoms with Gasteiger partial charge in [0.1, 0.15) is 6.04 Å². The Balaban J connectivity index is 1.60. The van der Waals surface area contributed by atoms with E-state index in [1.807, 2.05) is 37.3 Å². The van der Waals surface area contributed by atoms with Crippen LogP contribution in [-0.4, -0.2) is 50.3 Å². The summed E-state index contributed by atoms with van der Waals surface area (Å²) in [6.07, 6.45) is 3.84. The van der Waals surface area contributed by atoms with Crippen molar-refractivity contribution < 1.29 is 18.0 Å². The lowest BCUT2D eigenvalue weighted by Crippen LogP contribution is -2.50. The van der Waals surface area contributed by atoms with Crippen molar-refractivity contribution in [2.24, 2.45) is 0 Å². The number of hydrogen-bond acceptors (Lipinski definition) is 4. The molecule has 0 bridgehead atoms. The van der Waals surface area contributed by atoms with Crippen LogP contribution in [0.15, 0.2) is 53.4 Å². The molecule has 0 aliphatic carbocycles. The SMILES string of the molecule is CC(=O)N1c2ccc(S(=O)(=O)N[C@@H](Cc3ccccc3)C(=O)N3CCCCC3)cc2C[C@H]1C. The molecule has 7 nitrogen and oxygen atoms in total. The summed E-state index contributed by atoms with van der Waals surface area (Å²) in [4.78, 5) is 28.9. The second kappa shape index (κ2) is 9.65. The van der Waals surface area contributed by atoms with Gasteiger partial charge in [-0.3, -0.25) is 9.59 Å². The van der Waals surface area contributed by atoms with Crippen LogP contribution in [-0.2, 0) is 32.5 Å². The molecule has 0 spiro atoms. The zero-order valence-corrected chi connectivity index (χ0v) is 20.0. The van der Waals surface area contributed by atoms with Crippen LogP contribution < -0.4 is 9.62 Å². The van der Waals surface area contributed by atoms with Crippen LogP contribution >= 0.6 is 0 Å². The average Bonchev–Trinajstić information content (AvgIpc) is 3.14. The van der Waals surface area contributed by atoms with Crippen molar-refractivity contribution in [2.45, 2.75) is 62.9 Å². The van der Waals surface area contributed by atoms with Gasteiger partial charge < -0.3 is 9.80 Å². The first-order valence-electron chi connectivity index (χ1n) is 11.5. The number of anilines is 1. The van der Waals surface area contributed by atoms with Crippen molar-refractivity contribution >= 4 is 27.5 Å². The molecule has 0 aromatic heterocycles. The maximum atomic E-state index is 13.4. The molecule has 2 heterocycles. The molecule has 8 heteroatoms. The summed E-state index contributed by atoms with van der Waals surface area (Å²) in [5, 5.41) is 0. The molecule has 0 saturated carbocycles. The lowest BCUT2D eigenvalue weighted by atomic mass is 10.0. The predicted molar refractivity (Wildman–Crippen MR) is 127 cm³/mol. The fourth-order valence-corrected chi connectivity index (χ4v) is 6.11. The molecule has 1 fully saturated rings. The number of likely N-dealkylation sites (tertiary alicyclic amines) is 1. The third-order valence-corrected chi connectivity index (χ3v) is 7.93. The molecule has 2 aromatic rings. The summed E-state index contributed by atoms with van der Waals surface area (Å²) in [5.41, 5.74) is 2.47. The molecule has 1 saturated heterocycles. The lowest BCUT2D eigenvalue weighted by molar-refractivity contribution is -0.133. The molecule has 2 aliphatic heterocycles. The molecule has 176 valence electrons. The van der Waals surface area contributed by atoms with Gasteiger partial charge in [0.2, 0.25) is 21.8 Å². The minimum absolute atomic E-state index is 0.0186. The Bertz CT molecular complexity index is 1130. The smallest absolute Gasteiger partial charge is 0.241 e. The number of amides is 2. The Morgan fingerprint density at radius 2 is 1.76 bits per heavy atom. The number of rotatable bonds is 6. The zero-order chi connectivity index (χ0) is 23.6. The minimum Gasteiger partial charge on any atom is -0.341 e. The third-order valence-electron chi connectivity index (χ3n) is 6.46. The molecule has 2 aromatic carbocycles. The fraction of sp³-hybridized carbons (Fsp3) is 0.440. The highest BCUT2D eigenvalue weighted by Crippen LogP contribution is 2.34. The van der Waals surface area contributed by atoms with E-state index in [1.54, 1.807) is 21.9 Å². The van der Waals surface area contributed by atoms with E-state index in [0.717, 1.165) is 36.1 Å². The Hall–Kier alpha value is -2.71. The number of nitrogens with zero attached hydrogens (tertiary/aromatic N) is 2. The number of fused-ring (bicyclic) bond motifs is 1. The van der Waals surface area contributed by atoms with Crippen molar-refractivity contribution in [3.05, 3.63) is 59.7 Å². The Labute approximate surface area is 195 Å². The molecule has 0 radical (unpaired) electrons. The maximum Gasteiger partial charge on any atom is 0.241 e. The summed E-state index contributed by atoms with van der Waals surface area (Å²) in [6, 6.07) is 13.4. The van der Waals surface area contributed by atoms with Crippen molar-refractivity contribution in [3.8, 4) is 0 Å². The van der Waals surface area contributed by atoms with E-state index in [9.17, 15) is 18.0 Å². The monoisotopic (exact) mass is 469 g/mol. The highest BCUT2D eigenvalue weighted by molar-refractivity contribution is 7.89. The highest BCUT2D eigenvalue weighted by Gasteiger charge is 2.33. The average molecular weight is 470 g/mol. The van der Waals surface area contributed by atoms with E-state index in [4.69, 9.17) is 0 Å². The molecule has 4 rings (SSSR count). The molecule has 2 aliphatic rings. The summed E-state index contributed by atoms with van der Waals surface area (Å²) in [6.45, 7) is 4.77. The number of carbonyl (C=O) groups is 2. The highest BCUT2D eigenvalue weighted by atomic mass is 32.2. The fourth-order valence-electron chi connectivity index (χ4n) is 4.87. The van der Waals surface area contributed by atoms with Crippen molar-refractivity contribution in [1.29, 1.82) is 0 Å². The van der Waals surface area contributed by atoms with Crippen LogP contribution in [0.2, 0.25) is 0 Å². The number of hydrogen-bond donors (Lipinski definition) is 1. The van der Waals surface area contributed by atoms with E-state index in [0.29, 0.717) is 19.5 Å². The predicted octanol–water partition coefficient (Wildman–Crippen LogP) is 2.89. The molecular weight excluding hydrogens is 438 g/mol. The minimum atomic E-state index is -3.94. The second-order valence-corrected chi connectivity index (χ2v) is 10.7. The first-order valence-corrected chi connectivity index (χ1v) is 13.0. The van der Waals surface area contributed by atoms with Crippen LogP contribution in [0.4, 0.5) is 5.69 Å². The van der Waals surface area contributed by atoms with Crippen LogP contribution in [0.3, 0.4) is 0 Å². The largest absolute Gasteiger partial charge is 0.341 e. The first-order chi connectivity index (χ1) is 15.8. The number of sulfonamides is 1. The molecular formula is C25H31N3O4S. The summed E-state index contributed by atoms with van der Waals surface area (Å²) in [7, 11) is -3.94. The van der Waals surface area contributed by atoms with Crippen LogP contribution in [0, 0.1) is 0 Å². The number of piperidine rings is 1. The molecule has 1 N–H and O–H groups in total. The van der Waals surface area contributed by atoms with Crippen molar-refractivity contribution in [3.63, 3.8) is 0 Å². The number of benzene rings is 2. The van der Waals surface area contributed by atoms with Gasteiger partial charge in [0.15, 0.2) is 0 Å². The van der Waals surface area contributed by atoms with E-state index >= 15 is 0 Å². The Morgan fingerprint density at radius 1 is 1.06 bits per heavy atom. The van der Waals surface area contributed by atoms with Crippen LogP contribution in [0.5, 0.6) is 0 Å². The summed E-state index contributed by atoms with van der Waals surface area (Å²) < 4.78 is 29.4. The Morgan fingerprint density at radius 3 is 2.42 bits per heavy atom. The van der Waals surface area contributed by atoms with E-state index in [1.165, 1.54) is 13.0 Å². The van der Waals surface area contributed by atoms with Gasteiger partial charge >= 0.3 is 0 Å². The van der Waals surface area contributed by atoms with Crippen LogP contribution in [0.1, 0.15) is 44.2 Å². The van der Waals surface area contributed by atoms with E-state index in [-0.39, 0.29) is 29.2 Å².